The molecule has 3 rings (SSSR count). The number of hydrazone groups is 1. The normalized spacial score (nSPS) is 11.7. The standard InChI is InChI=1S/C17H13N3O5S/c21-17-8-6-15(20(22)23)9-14(17)11-18-19-26(24,25)16-7-5-12-3-1-2-4-13(12)10-16/h1-11,19,21H/b18-11+. The van der Waals surface area contributed by atoms with Gasteiger partial charge in [0.2, 0.25) is 0 Å². The average Bonchev–Trinajstić information content (AvgIpc) is 2.62. The van der Waals surface area contributed by atoms with E-state index in [-0.39, 0.29) is 21.9 Å². The Hall–Kier alpha value is -3.46. The largest absolute Gasteiger partial charge is 0.507 e. The number of aromatic hydroxyl groups is 1. The molecular weight excluding hydrogens is 358 g/mol. The number of nitro groups is 1. The first-order valence-electron chi connectivity index (χ1n) is 7.38. The van der Waals surface area contributed by atoms with Gasteiger partial charge in [0.25, 0.3) is 15.7 Å². The number of rotatable bonds is 5. The van der Waals surface area contributed by atoms with Gasteiger partial charge in [0.1, 0.15) is 5.75 Å². The fourth-order valence-electron chi connectivity index (χ4n) is 2.31. The molecule has 0 saturated heterocycles. The monoisotopic (exact) mass is 371 g/mol. The minimum absolute atomic E-state index is 0.0143. The molecule has 0 aliphatic carbocycles. The van der Waals surface area contributed by atoms with Gasteiger partial charge in [0.15, 0.2) is 0 Å². The molecule has 0 aliphatic rings. The first kappa shape index (κ1) is 17.4. The zero-order valence-corrected chi connectivity index (χ0v) is 14.1. The van der Waals surface area contributed by atoms with Crippen LogP contribution >= 0.6 is 0 Å². The van der Waals surface area contributed by atoms with E-state index in [0.29, 0.717) is 0 Å². The van der Waals surface area contributed by atoms with Crippen molar-refractivity contribution in [2.75, 3.05) is 0 Å². The third-order valence-corrected chi connectivity index (χ3v) is 4.85. The molecule has 3 aromatic rings. The Morgan fingerprint density at radius 1 is 1.04 bits per heavy atom. The Morgan fingerprint density at radius 2 is 1.77 bits per heavy atom. The first-order valence-corrected chi connectivity index (χ1v) is 8.86. The minimum Gasteiger partial charge on any atom is -0.507 e. The second kappa shape index (κ2) is 6.81. The lowest BCUT2D eigenvalue weighted by molar-refractivity contribution is -0.384. The molecule has 0 atom stereocenters. The number of benzene rings is 3. The maximum absolute atomic E-state index is 12.3. The van der Waals surface area contributed by atoms with E-state index >= 15 is 0 Å². The zero-order valence-electron chi connectivity index (χ0n) is 13.2. The van der Waals surface area contributed by atoms with Crippen molar-refractivity contribution in [2.45, 2.75) is 4.90 Å². The lowest BCUT2D eigenvalue weighted by Gasteiger charge is -2.05. The highest BCUT2D eigenvalue weighted by molar-refractivity contribution is 7.89. The maximum Gasteiger partial charge on any atom is 0.276 e. The van der Waals surface area contributed by atoms with E-state index in [0.717, 1.165) is 35.2 Å². The van der Waals surface area contributed by atoms with Gasteiger partial charge in [-0.05, 0) is 29.0 Å². The topological polar surface area (TPSA) is 122 Å². The predicted octanol–water partition coefficient (Wildman–Crippen LogP) is 2.77. The molecule has 0 aromatic heterocycles. The van der Waals surface area contributed by atoms with Crippen molar-refractivity contribution in [3.63, 3.8) is 0 Å². The van der Waals surface area contributed by atoms with Crippen molar-refractivity contribution >= 4 is 32.7 Å². The third-order valence-electron chi connectivity index (χ3n) is 3.63. The summed E-state index contributed by atoms with van der Waals surface area (Å²) in [6.07, 6.45) is 1.00. The summed E-state index contributed by atoms with van der Waals surface area (Å²) in [4.78, 5) is 12.2. The number of nitrogens with zero attached hydrogens (tertiary/aromatic N) is 2. The maximum atomic E-state index is 12.3. The Bertz CT molecular complexity index is 1130. The molecule has 0 aliphatic heterocycles. The molecule has 0 bridgehead atoms. The van der Waals surface area contributed by atoms with Crippen molar-refractivity contribution < 1.29 is 18.4 Å². The molecule has 9 heteroatoms. The van der Waals surface area contributed by atoms with Gasteiger partial charge in [-0.1, -0.05) is 30.3 Å². The van der Waals surface area contributed by atoms with Crippen LogP contribution in [0.3, 0.4) is 0 Å². The van der Waals surface area contributed by atoms with Gasteiger partial charge in [0.05, 0.1) is 16.0 Å². The zero-order chi connectivity index (χ0) is 18.7. The molecule has 0 saturated carbocycles. The second-order valence-corrected chi connectivity index (χ2v) is 7.02. The number of phenols is 1. The molecule has 0 amide bonds. The number of phenolic OH excluding ortho intramolecular Hbond substituents is 1. The molecular formula is C17H13N3O5S. The van der Waals surface area contributed by atoms with E-state index in [1.54, 1.807) is 18.2 Å². The van der Waals surface area contributed by atoms with E-state index in [1.807, 2.05) is 17.0 Å². The van der Waals surface area contributed by atoms with E-state index in [2.05, 4.69) is 5.10 Å². The highest BCUT2D eigenvalue weighted by Gasteiger charge is 2.14. The SMILES string of the molecule is O=[N+]([O-])c1ccc(O)c(/C=N/NS(=O)(=O)c2ccc3ccccc3c2)c1. The van der Waals surface area contributed by atoms with Gasteiger partial charge in [-0.3, -0.25) is 10.1 Å². The smallest absolute Gasteiger partial charge is 0.276 e. The number of sulfonamides is 1. The predicted molar refractivity (Wildman–Crippen MR) is 96.6 cm³/mol. The van der Waals surface area contributed by atoms with Crippen LogP contribution in [0.25, 0.3) is 10.8 Å². The second-order valence-electron chi connectivity index (χ2n) is 5.36. The average molecular weight is 371 g/mol. The molecule has 3 aromatic carbocycles. The van der Waals surface area contributed by atoms with Crippen LogP contribution in [0.1, 0.15) is 5.56 Å². The summed E-state index contributed by atoms with van der Waals surface area (Å²) in [6, 6.07) is 15.3. The van der Waals surface area contributed by atoms with E-state index in [9.17, 15) is 23.6 Å². The van der Waals surface area contributed by atoms with Gasteiger partial charge >= 0.3 is 0 Å². The van der Waals surface area contributed by atoms with Crippen LogP contribution in [0.15, 0.2) is 70.7 Å². The van der Waals surface area contributed by atoms with Crippen molar-refractivity contribution in [2.24, 2.45) is 5.10 Å². The van der Waals surface area contributed by atoms with Crippen LogP contribution in [0.2, 0.25) is 0 Å². The summed E-state index contributed by atoms with van der Waals surface area (Å²) in [6.45, 7) is 0. The van der Waals surface area contributed by atoms with Crippen LogP contribution in [0.4, 0.5) is 5.69 Å². The van der Waals surface area contributed by atoms with Gasteiger partial charge in [0, 0.05) is 17.7 Å². The molecule has 0 unspecified atom stereocenters. The van der Waals surface area contributed by atoms with Crippen LogP contribution in [-0.2, 0) is 10.0 Å². The molecule has 0 heterocycles. The van der Waals surface area contributed by atoms with Gasteiger partial charge in [-0.2, -0.15) is 13.5 Å². The highest BCUT2D eigenvalue weighted by Crippen LogP contribution is 2.21. The molecule has 2 N–H and O–H groups in total. The first-order chi connectivity index (χ1) is 12.4. The fraction of sp³-hybridized carbons (Fsp3) is 0. The van der Waals surface area contributed by atoms with Crippen LogP contribution in [0, 0.1) is 10.1 Å². The minimum atomic E-state index is -3.92. The number of nitrogens with one attached hydrogen (secondary N) is 1. The number of fused-ring (bicyclic) bond motifs is 1. The van der Waals surface area contributed by atoms with Crippen molar-refractivity contribution in [1.29, 1.82) is 0 Å². The summed E-state index contributed by atoms with van der Waals surface area (Å²) < 4.78 is 24.7. The highest BCUT2D eigenvalue weighted by atomic mass is 32.2. The summed E-state index contributed by atoms with van der Waals surface area (Å²) in [7, 11) is -3.92. The lowest BCUT2D eigenvalue weighted by Crippen LogP contribution is -2.18. The van der Waals surface area contributed by atoms with Crippen LogP contribution < -0.4 is 4.83 Å². The number of hydrogen-bond acceptors (Lipinski definition) is 6. The van der Waals surface area contributed by atoms with Crippen molar-refractivity contribution in [1.82, 2.24) is 4.83 Å². The third kappa shape index (κ3) is 3.62. The fourth-order valence-corrected chi connectivity index (χ4v) is 3.14. The van der Waals surface area contributed by atoms with Crippen LogP contribution in [-0.4, -0.2) is 24.7 Å². The Balaban J connectivity index is 1.84. The molecule has 26 heavy (non-hydrogen) atoms. The molecule has 0 spiro atoms. The van der Waals surface area contributed by atoms with Crippen molar-refractivity contribution in [3.05, 3.63) is 76.3 Å². The Kier molecular flexibility index (Phi) is 4.55. The summed E-state index contributed by atoms with van der Waals surface area (Å²) >= 11 is 0. The van der Waals surface area contributed by atoms with E-state index in [4.69, 9.17) is 0 Å². The summed E-state index contributed by atoms with van der Waals surface area (Å²) in [5.41, 5.74) is -0.234. The van der Waals surface area contributed by atoms with E-state index in [1.165, 1.54) is 12.1 Å². The molecule has 132 valence electrons. The number of nitro benzene ring substituents is 1. The number of non-ortho nitro benzene ring substituents is 1. The molecule has 8 nitrogen and oxygen atoms in total. The van der Waals surface area contributed by atoms with Crippen molar-refractivity contribution in [3.8, 4) is 5.75 Å². The van der Waals surface area contributed by atoms with Crippen LogP contribution in [0.5, 0.6) is 5.75 Å². The number of hydrogen-bond donors (Lipinski definition) is 2. The summed E-state index contributed by atoms with van der Waals surface area (Å²) in [5.74, 6) is -0.260. The summed E-state index contributed by atoms with van der Waals surface area (Å²) in [5, 5.41) is 25.7. The van der Waals surface area contributed by atoms with Gasteiger partial charge in [-0.25, -0.2) is 4.83 Å². The lowest BCUT2D eigenvalue weighted by atomic mass is 10.1. The molecule has 0 radical (unpaired) electrons. The van der Waals surface area contributed by atoms with Gasteiger partial charge in [-0.15, -0.1) is 0 Å². The van der Waals surface area contributed by atoms with Gasteiger partial charge < -0.3 is 5.11 Å². The Labute approximate surface area is 148 Å². The van der Waals surface area contributed by atoms with E-state index < -0.39 is 14.9 Å². The Morgan fingerprint density at radius 3 is 2.50 bits per heavy atom. The quantitative estimate of drug-likeness (QED) is 0.406. The molecule has 0 fully saturated rings.